The maximum Gasteiger partial charge on any atom is 0.322 e. The van der Waals surface area contributed by atoms with Crippen LogP contribution in [-0.4, -0.2) is 31.7 Å². The number of ether oxygens (including phenoxy) is 2. The number of rotatable bonds is 4. The Morgan fingerprint density at radius 3 is 2.52 bits per heavy atom. The van der Waals surface area contributed by atoms with Gasteiger partial charge in [-0.2, -0.15) is 0 Å². The molecule has 27 heavy (non-hydrogen) atoms. The summed E-state index contributed by atoms with van der Waals surface area (Å²) in [5, 5.41) is 3.03. The summed E-state index contributed by atoms with van der Waals surface area (Å²) in [6, 6.07) is 13.9. The fourth-order valence-corrected chi connectivity index (χ4v) is 3.59. The molecule has 144 valence electrons. The van der Waals surface area contributed by atoms with Crippen LogP contribution < -0.4 is 14.8 Å². The van der Waals surface area contributed by atoms with Gasteiger partial charge in [0.25, 0.3) is 0 Å². The smallest absolute Gasteiger partial charge is 0.322 e. The molecule has 1 saturated heterocycles. The number of likely N-dealkylation sites (tertiary alicyclic amines) is 1. The highest BCUT2D eigenvalue weighted by molar-refractivity contribution is 5.91. The van der Waals surface area contributed by atoms with Crippen LogP contribution in [0.25, 0.3) is 0 Å². The van der Waals surface area contributed by atoms with E-state index in [1.165, 1.54) is 11.1 Å². The molecule has 0 aliphatic carbocycles. The van der Waals surface area contributed by atoms with E-state index >= 15 is 0 Å². The van der Waals surface area contributed by atoms with Crippen LogP contribution in [0.4, 0.5) is 10.5 Å². The van der Waals surface area contributed by atoms with Crippen LogP contribution in [0.15, 0.2) is 42.5 Å². The summed E-state index contributed by atoms with van der Waals surface area (Å²) < 4.78 is 10.7. The molecular formula is C22H28N2O3. The zero-order valence-electron chi connectivity index (χ0n) is 16.3. The molecule has 1 atom stereocenters. The van der Waals surface area contributed by atoms with Gasteiger partial charge >= 0.3 is 6.03 Å². The quantitative estimate of drug-likeness (QED) is 0.811. The molecule has 5 heteroatoms. The van der Waals surface area contributed by atoms with Gasteiger partial charge in [0.2, 0.25) is 0 Å². The molecule has 0 saturated carbocycles. The lowest BCUT2D eigenvalue weighted by Crippen LogP contribution is -2.38. The Morgan fingerprint density at radius 1 is 1.04 bits per heavy atom. The number of methoxy groups -OCH3 is 2. The Labute approximate surface area is 161 Å². The van der Waals surface area contributed by atoms with E-state index in [9.17, 15) is 4.79 Å². The van der Waals surface area contributed by atoms with Gasteiger partial charge in [-0.1, -0.05) is 42.7 Å². The van der Waals surface area contributed by atoms with Gasteiger partial charge in [-0.05, 0) is 37.5 Å². The molecule has 0 unspecified atom stereocenters. The third kappa shape index (κ3) is 4.54. The zero-order valence-corrected chi connectivity index (χ0v) is 16.3. The van der Waals surface area contributed by atoms with Gasteiger partial charge < -0.3 is 19.7 Å². The average Bonchev–Trinajstić information content (AvgIpc) is 2.94. The van der Waals surface area contributed by atoms with Crippen molar-refractivity contribution in [2.45, 2.75) is 38.6 Å². The summed E-state index contributed by atoms with van der Waals surface area (Å²) in [7, 11) is 3.20. The van der Waals surface area contributed by atoms with Gasteiger partial charge in [0.1, 0.15) is 11.5 Å². The molecule has 2 aromatic rings. The number of benzene rings is 2. The average molecular weight is 368 g/mol. The Morgan fingerprint density at radius 2 is 1.81 bits per heavy atom. The fourth-order valence-electron chi connectivity index (χ4n) is 3.59. The Kier molecular flexibility index (Phi) is 6.22. The monoisotopic (exact) mass is 368 g/mol. The number of carbonyl (C=O) groups excluding carboxylic acids is 1. The van der Waals surface area contributed by atoms with Crippen molar-refractivity contribution in [2.75, 3.05) is 26.1 Å². The molecule has 5 nitrogen and oxygen atoms in total. The number of nitrogens with one attached hydrogen (secondary N) is 1. The predicted molar refractivity (Wildman–Crippen MR) is 108 cm³/mol. The first-order chi connectivity index (χ1) is 13.1. The SMILES string of the molecule is COc1ccc(OC)c(NC(=O)N2CCCCC[C@H]2c2ccc(C)cc2)c1. The predicted octanol–water partition coefficient (Wildman–Crippen LogP) is 5.16. The number of carbonyl (C=O) groups is 1. The summed E-state index contributed by atoms with van der Waals surface area (Å²) in [5.41, 5.74) is 3.04. The number of nitrogens with zero attached hydrogens (tertiary/aromatic N) is 1. The van der Waals surface area contributed by atoms with Crippen molar-refractivity contribution in [3.63, 3.8) is 0 Å². The Bertz CT molecular complexity index is 774. The van der Waals surface area contributed by atoms with Crippen molar-refractivity contribution >= 4 is 11.7 Å². The van der Waals surface area contributed by atoms with Crippen molar-refractivity contribution in [3.05, 3.63) is 53.6 Å². The molecule has 1 aliphatic rings. The van der Waals surface area contributed by atoms with Crippen molar-refractivity contribution in [1.82, 2.24) is 4.90 Å². The number of anilines is 1. The lowest BCUT2D eigenvalue weighted by Gasteiger charge is -2.31. The highest BCUT2D eigenvalue weighted by Crippen LogP contribution is 2.33. The van der Waals surface area contributed by atoms with E-state index < -0.39 is 0 Å². The van der Waals surface area contributed by atoms with E-state index in [-0.39, 0.29) is 12.1 Å². The Hall–Kier alpha value is -2.69. The highest BCUT2D eigenvalue weighted by atomic mass is 16.5. The van der Waals surface area contributed by atoms with E-state index in [1.807, 2.05) is 11.0 Å². The molecule has 2 aromatic carbocycles. The summed E-state index contributed by atoms with van der Waals surface area (Å²) in [4.78, 5) is 15.1. The first kappa shape index (κ1) is 19.1. The number of urea groups is 1. The van der Waals surface area contributed by atoms with Crippen LogP contribution in [-0.2, 0) is 0 Å². The molecule has 0 bridgehead atoms. The number of hydrogen-bond acceptors (Lipinski definition) is 3. The minimum Gasteiger partial charge on any atom is -0.497 e. The van der Waals surface area contributed by atoms with Crippen LogP contribution in [0.3, 0.4) is 0 Å². The molecule has 1 aliphatic heterocycles. The lowest BCUT2D eigenvalue weighted by atomic mass is 10.00. The second-order valence-corrected chi connectivity index (χ2v) is 6.97. The van der Waals surface area contributed by atoms with Crippen LogP contribution in [0, 0.1) is 6.92 Å². The maximum absolute atomic E-state index is 13.2. The van der Waals surface area contributed by atoms with Gasteiger partial charge in [-0.15, -0.1) is 0 Å². The minimum atomic E-state index is -0.103. The standard InChI is InChI=1S/C22H28N2O3/c1-16-8-10-17(11-9-16)20-7-5-4-6-14-24(20)22(25)23-19-15-18(26-2)12-13-21(19)27-3/h8-13,15,20H,4-7,14H2,1-3H3,(H,23,25)/t20-/m0/s1. The number of aryl methyl sites for hydroxylation is 1. The highest BCUT2D eigenvalue weighted by Gasteiger charge is 2.27. The molecule has 0 radical (unpaired) electrons. The van der Waals surface area contributed by atoms with E-state index in [0.717, 1.165) is 32.2 Å². The largest absolute Gasteiger partial charge is 0.497 e. The Balaban J connectivity index is 1.85. The minimum absolute atomic E-state index is 0.0877. The van der Waals surface area contributed by atoms with Crippen molar-refractivity contribution < 1.29 is 14.3 Å². The summed E-state index contributed by atoms with van der Waals surface area (Å²) >= 11 is 0. The first-order valence-electron chi connectivity index (χ1n) is 9.48. The maximum atomic E-state index is 13.2. The van der Waals surface area contributed by atoms with E-state index in [1.54, 1.807) is 26.4 Å². The topological polar surface area (TPSA) is 50.8 Å². The van der Waals surface area contributed by atoms with Crippen molar-refractivity contribution in [3.8, 4) is 11.5 Å². The van der Waals surface area contributed by atoms with Gasteiger partial charge in [0.15, 0.2) is 0 Å². The van der Waals surface area contributed by atoms with E-state index in [0.29, 0.717) is 17.2 Å². The van der Waals surface area contributed by atoms with Crippen LogP contribution in [0.2, 0.25) is 0 Å². The molecule has 1 heterocycles. The van der Waals surface area contributed by atoms with Gasteiger partial charge in [-0.3, -0.25) is 0 Å². The molecule has 0 aromatic heterocycles. The molecule has 0 spiro atoms. The third-order valence-electron chi connectivity index (χ3n) is 5.12. The van der Waals surface area contributed by atoms with E-state index in [4.69, 9.17) is 9.47 Å². The number of amides is 2. The van der Waals surface area contributed by atoms with E-state index in [2.05, 4.69) is 36.5 Å². The van der Waals surface area contributed by atoms with Crippen LogP contribution in [0.1, 0.15) is 42.9 Å². The normalized spacial score (nSPS) is 17.1. The first-order valence-corrected chi connectivity index (χ1v) is 9.48. The second-order valence-electron chi connectivity index (χ2n) is 6.97. The lowest BCUT2D eigenvalue weighted by molar-refractivity contribution is 0.189. The molecule has 3 rings (SSSR count). The molecule has 2 amide bonds. The molecule has 1 N–H and O–H groups in total. The molecule has 1 fully saturated rings. The second kappa shape index (κ2) is 8.80. The van der Waals surface area contributed by atoms with Gasteiger partial charge in [0.05, 0.1) is 25.9 Å². The van der Waals surface area contributed by atoms with Gasteiger partial charge in [-0.25, -0.2) is 4.79 Å². The van der Waals surface area contributed by atoms with Crippen LogP contribution in [0.5, 0.6) is 11.5 Å². The van der Waals surface area contributed by atoms with Crippen LogP contribution >= 0.6 is 0 Å². The molecular weight excluding hydrogens is 340 g/mol. The summed E-state index contributed by atoms with van der Waals surface area (Å²) in [6.45, 7) is 2.83. The summed E-state index contributed by atoms with van der Waals surface area (Å²) in [5.74, 6) is 1.29. The van der Waals surface area contributed by atoms with Gasteiger partial charge in [0, 0.05) is 12.6 Å². The van der Waals surface area contributed by atoms with Crippen molar-refractivity contribution in [2.24, 2.45) is 0 Å². The van der Waals surface area contributed by atoms with Crippen molar-refractivity contribution in [1.29, 1.82) is 0 Å². The summed E-state index contributed by atoms with van der Waals surface area (Å²) in [6.07, 6.45) is 4.27. The third-order valence-corrected chi connectivity index (χ3v) is 5.12. The zero-order chi connectivity index (χ0) is 19.2. The fraction of sp³-hybridized carbons (Fsp3) is 0.409. The number of hydrogen-bond donors (Lipinski definition) is 1.